The zero-order chi connectivity index (χ0) is 20.2. The van der Waals surface area contributed by atoms with Gasteiger partial charge in [0, 0.05) is 50.2 Å². The fourth-order valence-corrected chi connectivity index (χ4v) is 3.85. The first-order valence-corrected chi connectivity index (χ1v) is 9.42. The predicted octanol–water partition coefficient (Wildman–Crippen LogP) is 1.94. The molecule has 0 saturated carbocycles. The monoisotopic (exact) mass is 393 g/mol. The number of carbonyl (C=O) groups excluding carboxylic acids is 2. The largest absolute Gasteiger partial charge is 0.460 e. The van der Waals surface area contributed by atoms with Crippen LogP contribution in [0.3, 0.4) is 0 Å². The number of amides is 2. The van der Waals surface area contributed by atoms with Gasteiger partial charge in [0.1, 0.15) is 17.2 Å². The summed E-state index contributed by atoms with van der Waals surface area (Å²) in [5, 5.41) is 17.6. The lowest BCUT2D eigenvalue weighted by Gasteiger charge is -2.16. The highest BCUT2D eigenvalue weighted by Crippen LogP contribution is 2.36. The van der Waals surface area contributed by atoms with Crippen LogP contribution in [0.5, 0.6) is 0 Å². The number of furan rings is 1. The van der Waals surface area contributed by atoms with Gasteiger partial charge in [-0.3, -0.25) is 9.59 Å². The highest BCUT2D eigenvalue weighted by Gasteiger charge is 2.48. The third-order valence-corrected chi connectivity index (χ3v) is 5.56. The fourth-order valence-electron chi connectivity index (χ4n) is 3.85. The van der Waals surface area contributed by atoms with Crippen molar-refractivity contribution in [1.82, 2.24) is 15.4 Å². The van der Waals surface area contributed by atoms with E-state index in [4.69, 9.17) is 8.94 Å². The molecule has 8 heteroatoms. The average molecular weight is 393 g/mol. The summed E-state index contributed by atoms with van der Waals surface area (Å²) < 4.78 is 11.2. The third-order valence-electron chi connectivity index (χ3n) is 5.56. The maximum Gasteiger partial charge on any atom is 0.262 e. The minimum atomic E-state index is -1.68. The summed E-state index contributed by atoms with van der Waals surface area (Å²) >= 11 is 0. The molecule has 1 atom stereocenters. The van der Waals surface area contributed by atoms with E-state index in [9.17, 15) is 14.7 Å². The molecule has 0 radical (unpaired) electrons. The quantitative estimate of drug-likeness (QED) is 0.704. The summed E-state index contributed by atoms with van der Waals surface area (Å²) in [6, 6.07) is 10.8. The zero-order valence-electron chi connectivity index (χ0n) is 15.8. The van der Waals surface area contributed by atoms with E-state index in [-0.39, 0.29) is 18.1 Å². The Morgan fingerprint density at radius 3 is 2.79 bits per heavy atom. The van der Waals surface area contributed by atoms with E-state index in [0.717, 1.165) is 11.1 Å². The lowest BCUT2D eigenvalue weighted by molar-refractivity contribution is -0.144. The Morgan fingerprint density at radius 1 is 1.21 bits per heavy atom. The number of rotatable bonds is 3. The van der Waals surface area contributed by atoms with Crippen LogP contribution in [0.4, 0.5) is 0 Å². The van der Waals surface area contributed by atoms with Gasteiger partial charge in [0.05, 0.1) is 5.56 Å². The van der Waals surface area contributed by atoms with Crippen LogP contribution >= 0.6 is 0 Å². The topological polar surface area (TPSA) is 109 Å². The van der Waals surface area contributed by atoms with Gasteiger partial charge in [-0.1, -0.05) is 23.4 Å². The van der Waals surface area contributed by atoms with Crippen LogP contribution in [-0.2, 0) is 16.8 Å². The maximum absolute atomic E-state index is 12.3. The van der Waals surface area contributed by atoms with E-state index in [0.29, 0.717) is 42.3 Å². The van der Waals surface area contributed by atoms with Crippen molar-refractivity contribution in [2.24, 2.45) is 0 Å². The number of aliphatic hydroxyl groups is 1. The van der Waals surface area contributed by atoms with Crippen molar-refractivity contribution in [2.75, 3.05) is 20.1 Å². The Labute approximate surface area is 166 Å². The standard InChI is InChI=1S/C21H19N3O5/c1-24-8-6-21(27,20(24)26)18-11-15(23-29-18)12-3-2-4-13(9-12)17-10-14-16(28-17)5-7-22-19(14)25/h2-4,9-11,27H,5-8H2,1H3,(H,22,25)/t21-/m1/s1. The molecule has 8 nitrogen and oxygen atoms in total. The fraction of sp³-hybridized carbons (Fsp3) is 0.286. The van der Waals surface area contributed by atoms with E-state index >= 15 is 0 Å². The number of benzene rings is 1. The van der Waals surface area contributed by atoms with Gasteiger partial charge in [-0.15, -0.1) is 0 Å². The normalized spacial score (nSPS) is 21.4. The molecule has 0 spiro atoms. The molecule has 4 heterocycles. The molecule has 2 aliphatic heterocycles. The van der Waals surface area contributed by atoms with Gasteiger partial charge in [0.25, 0.3) is 11.8 Å². The van der Waals surface area contributed by atoms with Crippen LogP contribution in [0.1, 0.15) is 28.3 Å². The number of nitrogens with zero attached hydrogens (tertiary/aromatic N) is 2. The number of fused-ring (bicyclic) bond motifs is 1. The van der Waals surface area contributed by atoms with Gasteiger partial charge in [0.2, 0.25) is 5.60 Å². The second-order valence-corrected chi connectivity index (χ2v) is 7.45. The van der Waals surface area contributed by atoms with Gasteiger partial charge in [-0.25, -0.2) is 0 Å². The molecule has 2 N–H and O–H groups in total. The second kappa shape index (κ2) is 6.31. The van der Waals surface area contributed by atoms with Crippen LogP contribution in [0, 0.1) is 0 Å². The molecule has 29 heavy (non-hydrogen) atoms. The summed E-state index contributed by atoms with van der Waals surface area (Å²) in [5.74, 6) is 0.900. The molecule has 0 aliphatic carbocycles. The van der Waals surface area contributed by atoms with Crippen molar-refractivity contribution >= 4 is 11.8 Å². The smallest absolute Gasteiger partial charge is 0.262 e. The molecular weight excluding hydrogens is 374 g/mol. The van der Waals surface area contributed by atoms with Gasteiger partial charge in [0.15, 0.2) is 5.76 Å². The van der Waals surface area contributed by atoms with Crippen molar-refractivity contribution in [3.05, 3.63) is 53.5 Å². The Hall–Kier alpha value is -3.39. The molecule has 3 aromatic rings. The van der Waals surface area contributed by atoms with Gasteiger partial charge >= 0.3 is 0 Å². The molecule has 0 unspecified atom stereocenters. The predicted molar refractivity (Wildman–Crippen MR) is 102 cm³/mol. The summed E-state index contributed by atoms with van der Waals surface area (Å²) in [7, 11) is 1.64. The minimum absolute atomic E-state index is 0.127. The van der Waals surface area contributed by atoms with Gasteiger partial charge in [-0.05, 0) is 12.1 Å². The highest BCUT2D eigenvalue weighted by molar-refractivity contribution is 5.97. The summed E-state index contributed by atoms with van der Waals surface area (Å²) in [6.07, 6.45) is 0.922. The summed E-state index contributed by atoms with van der Waals surface area (Å²) in [6.45, 7) is 1.02. The van der Waals surface area contributed by atoms with Crippen molar-refractivity contribution in [1.29, 1.82) is 0 Å². The first kappa shape index (κ1) is 17.7. The van der Waals surface area contributed by atoms with E-state index in [1.54, 1.807) is 19.2 Å². The molecule has 0 bridgehead atoms. The van der Waals surface area contributed by atoms with Gasteiger partial charge in [-0.2, -0.15) is 0 Å². The third kappa shape index (κ3) is 2.75. The zero-order valence-corrected chi connectivity index (χ0v) is 15.8. The Morgan fingerprint density at radius 2 is 2.03 bits per heavy atom. The summed E-state index contributed by atoms with van der Waals surface area (Å²) in [5.41, 5.74) is 0.937. The van der Waals surface area contributed by atoms with Crippen LogP contribution in [0.2, 0.25) is 0 Å². The Bertz CT molecular complexity index is 1130. The van der Waals surface area contributed by atoms with E-state index < -0.39 is 11.5 Å². The number of hydrogen-bond donors (Lipinski definition) is 2. The molecule has 2 aromatic heterocycles. The molecule has 2 aliphatic rings. The Kier molecular flexibility index (Phi) is 3.85. The SMILES string of the molecule is CN1CC[C@@](O)(c2cc(-c3cccc(-c4cc5c(o4)CCNC5=O)c3)no2)C1=O. The van der Waals surface area contributed by atoms with Crippen LogP contribution in [0.15, 0.2) is 45.3 Å². The Balaban J connectivity index is 1.48. The van der Waals surface area contributed by atoms with Crippen LogP contribution in [-0.4, -0.2) is 47.1 Å². The number of hydrogen-bond acceptors (Lipinski definition) is 6. The summed E-state index contributed by atoms with van der Waals surface area (Å²) in [4.78, 5) is 25.7. The minimum Gasteiger partial charge on any atom is -0.460 e. The molecule has 1 saturated heterocycles. The van der Waals surface area contributed by atoms with E-state index in [1.165, 1.54) is 4.90 Å². The lowest BCUT2D eigenvalue weighted by atomic mass is 9.98. The maximum atomic E-state index is 12.3. The van der Waals surface area contributed by atoms with Crippen LogP contribution < -0.4 is 5.32 Å². The molecule has 1 aromatic carbocycles. The highest BCUT2D eigenvalue weighted by atomic mass is 16.5. The first-order valence-electron chi connectivity index (χ1n) is 9.42. The number of aromatic nitrogens is 1. The average Bonchev–Trinajstić information content (AvgIpc) is 3.44. The van der Waals surface area contributed by atoms with E-state index in [1.807, 2.05) is 24.3 Å². The molecule has 5 rings (SSSR count). The molecule has 1 fully saturated rings. The number of carbonyl (C=O) groups is 2. The van der Waals surface area contributed by atoms with E-state index in [2.05, 4.69) is 10.5 Å². The second-order valence-electron chi connectivity index (χ2n) is 7.45. The first-order chi connectivity index (χ1) is 14.0. The van der Waals surface area contributed by atoms with Gasteiger partial charge < -0.3 is 24.3 Å². The van der Waals surface area contributed by atoms with Crippen LogP contribution in [0.25, 0.3) is 22.6 Å². The number of likely N-dealkylation sites (tertiary alicyclic amines) is 1. The van der Waals surface area contributed by atoms with Crippen molar-refractivity contribution in [3.8, 4) is 22.6 Å². The number of likely N-dealkylation sites (N-methyl/N-ethyl adjacent to an activating group) is 1. The van der Waals surface area contributed by atoms with Crippen molar-refractivity contribution in [3.63, 3.8) is 0 Å². The molecule has 2 amide bonds. The lowest BCUT2D eigenvalue weighted by Crippen LogP contribution is -2.35. The van der Waals surface area contributed by atoms with Crippen molar-refractivity contribution in [2.45, 2.75) is 18.4 Å². The molecule has 148 valence electrons. The molecular formula is C21H19N3O5. The van der Waals surface area contributed by atoms with Crippen molar-refractivity contribution < 1.29 is 23.6 Å². The number of nitrogens with one attached hydrogen (secondary N) is 1.